The van der Waals surface area contributed by atoms with E-state index < -0.39 is 47.6 Å². The molecule has 0 radical (unpaired) electrons. The topological polar surface area (TPSA) is 131 Å². The third kappa shape index (κ3) is 2.10. The second-order valence-corrected chi connectivity index (χ2v) is 4.66. The highest BCUT2D eigenvalue weighted by molar-refractivity contribution is 5.04. The van der Waals surface area contributed by atoms with Crippen LogP contribution in [0.2, 0.25) is 0 Å². The number of ether oxygens (including phenoxy) is 1. The molecule has 4 atom stereocenters. The second-order valence-electron chi connectivity index (χ2n) is 4.66. The van der Waals surface area contributed by atoms with Crippen molar-refractivity contribution in [2.45, 2.75) is 30.9 Å². The Kier molecular flexibility index (Phi) is 3.31. The Morgan fingerprint density at radius 1 is 1.63 bits per heavy atom. The van der Waals surface area contributed by atoms with Gasteiger partial charge in [0.2, 0.25) is 5.82 Å². The summed E-state index contributed by atoms with van der Waals surface area (Å²) in [6, 6.07) is 0. The van der Waals surface area contributed by atoms with E-state index in [0.29, 0.717) is 6.20 Å². The normalized spacial score (nSPS) is 34.7. The Bertz CT molecular complexity index is 596. The number of halogens is 1. The first kappa shape index (κ1) is 13.9. The molecular weight excluding hydrogens is 261 g/mol. The highest BCUT2D eigenvalue weighted by Crippen LogP contribution is 2.35. The van der Waals surface area contributed by atoms with Crippen molar-refractivity contribution < 1.29 is 19.3 Å². The third-order valence-corrected chi connectivity index (χ3v) is 3.18. The molecule has 1 fully saturated rings. The smallest absolute Gasteiger partial charge is 0.330 e. The Morgan fingerprint density at radius 2 is 2.26 bits per heavy atom. The van der Waals surface area contributed by atoms with Crippen LogP contribution in [0, 0.1) is 5.82 Å². The van der Waals surface area contributed by atoms with Gasteiger partial charge in [-0.15, -0.1) is 0 Å². The van der Waals surface area contributed by atoms with Crippen molar-refractivity contribution >= 4 is 0 Å². The number of aliphatic hydroxyl groups excluding tert-OH is 2. The van der Waals surface area contributed by atoms with Crippen LogP contribution >= 0.6 is 0 Å². The van der Waals surface area contributed by atoms with Crippen LogP contribution in [-0.2, 0) is 4.74 Å². The minimum absolute atomic E-state index is 0.509. The number of aromatic amines is 1. The lowest BCUT2D eigenvalue weighted by atomic mass is 9.93. The molecule has 1 aliphatic heterocycles. The lowest BCUT2D eigenvalue weighted by Crippen LogP contribution is -2.53. The van der Waals surface area contributed by atoms with Crippen molar-refractivity contribution in [1.29, 1.82) is 0 Å². The molecule has 1 aromatic heterocycles. The Morgan fingerprint density at radius 3 is 2.79 bits per heavy atom. The standard InChI is InChI=1S/C10H14FN3O5/c1-10(12)6(16)5(3-15)19-8(10)14-2-4(11)7(17)13-9(14)18/h2,5-6,8,15-16H,3,12H2,1H3,(H,13,17,18). The number of rotatable bonds is 2. The van der Waals surface area contributed by atoms with Crippen molar-refractivity contribution in [2.24, 2.45) is 5.73 Å². The van der Waals surface area contributed by atoms with Gasteiger partial charge in [-0.1, -0.05) is 0 Å². The SMILES string of the molecule is CC1(N)C(O)C(CO)OC1n1cc(F)c(=O)[nH]c1=O. The first-order valence-corrected chi connectivity index (χ1v) is 5.53. The molecule has 2 heterocycles. The summed E-state index contributed by atoms with van der Waals surface area (Å²) in [6.45, 7) is 0.887. The van der Waals surface area contributed by atoms with Crippen LogP contribution in [0.3, 0.4) is 0 Å². The Labute approximate surface area is 106 Å². The van der Waals surface area contributed by atoms with E-state index in [2.05, 4.69) is 0 Å². The number of hydrogen-bond acceptors (Lipinski definition) is 6. The fourth-order valence-electron chi connectivity index (χ4n) is 2.08. The highest BCUT2D eigenvalue weighted by Gasteiger charge is 2.51. The minimum Gasteiger partial charge on any atom is -0.394 e. The van der Waals surface area contributed by atoms with E-state index in [1.54, 1.807) is 4.98 Å². The Balaban J connectivity index is 2.51. The lowest BCUT2D eigenvalue weighted by molar-refractivity contribution is -0.0491. The van der Waals surface area contributed by atoms with Gasteiger partial charge < -0.3 is 20.7 Å². The molecule has 0 aromatic carbocycles. The molecule has 0 aliphatic carbocycles. The van der Waals surface area contributed by atoms with Gasteiger partial charge in [0.05, 0.1) is 18.3 Å². The maximum atomic E-state index is 13.2. The molecule has 0 amide bonds. The number of nitrogens with zero attached hydrogens (tertiary/aromatic N) is 1. The predicted octanol–water partition coefficient (Wildman–Crippen LogP) is -2.36. The quantitative estimate of drug-likeness (QED) is 0.478. The number of H-pyrrole nitrogens is 1. The van der Waals surface area contributed by atoms with Crippen LogP contribution in [-0.4, -0.2) is 44.1 Å². The number of nitrogens with one attached hydrogen (secondary N) is 1. The number of aliphatic hydroxyl groups is 2. The molecule has 1 aliphatic rings. The van der Waals surface area contributed by atoms with E-state index in [4.69, 9.17) is 15.6 Å². The first-order chi connectivity index (χ1) is 8.78. The average Bonchev–Trinajstić information content (AvgIpc) is 2.56. The van der Waals surface area contributed by atoms with E-state index in [9.17, 15) is 19.1 Å². The van der Waals surface area contributed by atoms with Gasteiger partial charge in [0.1, 0.15) is 12.2 Å². The minimum atomic E-state index is -1.43. The third-order valence-electron chi connectivity index (χ3n) is 3.18. The van der Waals surface area contributed by atoms with Gasteiger partial charge in [0, 0.05) is 0 Å². The number of hydrogen-bond donors (Lipinski definition) is 4. The molecule has 0 saturated carbocycles. The van der Waals surface area contributed by atoms with Gasteiger partial charge >= 0.3 is 5.69 Å². The maximum Gasteiger partial charge on any atom is 0.330 e. The lowest BCUT2D eigenvalue weighted by Gasteiger charge is -2.28. The van der Waals surface area contributed by atoms with Gasteiger partial charge in [0.15, 0.2) is 6.23 Å². The fourth-order valence-corrected chi connectivity index (χ4v) is 2.08. The highest BCUT2D eigenvalue weighted by atomic mass is 19.1. The van der Waals surface area contributed by atoms with E-state index >= 15 is 0 Å². The summed E-state index contributed by atoms with van der Waals surface area (Å²) in [5.74, 6) is -1.18. The van der Waals surface area contributed by atoms with Gasteiger partial charge in [0.25, 0.3) is 5.56 Å². The van der Waals surface area contributed by atoms with Crippen molar-refractivity contribution in [1.82, 2.24) is 9.55 Å². The summed E-state index contributed by atoms with van der Waals surface area (Å²) < 4.78 is 19.2. The summed E-state index contributed by atoms with van der Waals surface area (Å²) in [5.41, 5.74) is 2.36. The zero-order chi connectivity index (χ0) is 14.4. The van der Waals surface area contributed by atoms with Gasteiger partial charge in [-0.25, -0.2) is 4.79 Å². The van der Waals surface area contributed by atoms with Crippen molar-refractivity contribution in [3.8, 4) is 0 Å². The monoisotopic (exact) mass is 275 g/mol. The van der Waals surface area contributed by atoms with Crippen LogP contribution in [0.25, 0.3) is 0 Å². The average molecular weight is 275 g/mol. The Hall–Kier alpha value is -1.55. The van der Waals surface area contributed by atoms with Crippen LogP contribution in [0.5, 0.6) is 0 Å². The second kappa shape index (κ2) is 4.53. The van der Waals surface area contributed by atoms with E-state index in [-0.39, 0.29) is 0 Å². The first-order valence-electron chi connectivity index (χ1n) is 5.53. The van der Waals surface area contributed by atoms with Crippen molar-refractivity contribution in [3.05, 3.63) is 32.9 Å². The fraction of sp³-hybridized carbons (Fsp3) is 0.600. The van der Waals surface area contributed by atoms with E-state index in [1.807, 2.05) is 0 Å². The van der Waals surface area contributed by atoms with Gasteiger partial charge in [-0.05, 0) is 6.92 Å². The molecule has 2 rings (SSSR count). The molecule has 1 saturated heterocycles. The van der Waals surface area contributed by atoms with Crippen LogP contribution in [0.4, 0.5) is 4.39 Å². The molecule has 8 nitrogen and oxygen atoms in total. The zero-order valence-corrected chi connectivity index (χ0v) is 10.0. The van der Waals surface area contributed by atoms with Crippen LogP contribution in [0.15, 0.2) is 15.8 Å². The summed E-state index contributed by atoms with van der Waals surface area (Å²) in [6.07, 6.45) is -2.80. The van der Waals surface area contributed by atoms with Crippen LogP contribution in [0.1, 0.15) is 13.2 Å². The summed E-state index contributed by atoms with van der Waals surface area (Å²) >= 11 is 0. The molecule has 1 aromatic rings. The molecule has 4 unspecified atom stereocenters. The van der Waals surface area contributed by atoms with Gasteiger partial charge in [-0.3, -0.25) is 14.3 Å². The molecule has 106 valence electrons. The molecule has 0 bridgehead atoms. The summed E-state index contributed by atoms with van der Waals surface area (Å²) in [7, 11) is 0. The largest absolute Gasteiger partial charge is 0.394 e. The van der Waals surface area contributed by atoms with E-state index in [1.165, 1.54) is 6.92 Å². The number of aromatic nitrogens is 2. The summed E-state index contributed by atoms with van der Waals surface area (Å²) in [4.78, 5) is 24.3. The van der Waals surface area contributed by atoms with E-state index in [0.717, 1.165) is 4.57 Å². The summed E-state index contributed by atoms with van der Waals surface area (Å²) in [5, 5.41) is 18.9. The van der Waals surface area contributed by atoms with Crippen LogP contribution < -0.4 is 17.0 Å². The molecule has 9 heteroatoms. The zero-order valence-electron chi connectivity index (χ0n) is 10.0. The predicted molar refractivity (Wildman–Crippen MR) is 60.9 cm³/mol. The molecule has 19 heavy (non-hydrogen) atoms. The molecular formula is C10H14FN3O5. The molecule has 0 spiro atoms. The van der Waals surface area contributed by atoms with Crippen molar-refractivity contribution in [3.63, 3.8) is 0 Å². The van der Waals surface area contributed by atoms with Gasteiger partial charge in [-0.2, -0.15) is 4.39 Å². The maximum absolute atomic E-state index is 13.2. The van der Waals surface area contributed by atoms with Crippen molar-refractivity contribution in [2.75, 3.05) is 6.61 Å². The molecule has 5 N–H and O–H groups in total. The number of nitrogens with two attached hydrogens (primary N) is 1.